The van der Waals surface area contributed by atoms with E-state index in [1.54, 1.807) is 19.0 Å². The minimum absolute atomic E-state index is 0.181. The third kappa shape index (κ3) is 6.06. The van der Waals surface area contributed by atoms with Gasteiger partial charge >= 0.3 is 0 Å². The Hall–Kier alpha value is -1.51. The van der Waals surface area contributed by atoms with E-state index < -0.39 is 0 Å². The van der Waals surface area contributed by atoms with Crippen molar-refractivity contribution in [3.8, 4) is 0 Å². The first kappa shape index (κ1) is 14.5. The molecule has 1 aromatic carbocycles. The first-order chi connectivity index (χ1) is 7.49. The number of carbonyl (C=O) groups excluding carboxylic acids is 1. The predicted molar refractivity (Wildman–Crippen MR) is 69.8 cm³/mol. The monoisotopic (exact) mass is 222 g/mol. The zero-order chi connectivity index (χ0) is 12.6. The molecule has 0 aliphatic heterocycles. The zero-order valence-corrected chi connectivity index (χ0v) is 10.9. The molecule has 3 nitrogen and oxygen atoms in total. The molecule has 0 aliphatic rings. The van der Waals surface area contributed by atoms with E-state index in [2.05, 4.69) is 17.0 Å². The van der Waals surface area contributed by atoms with E-state index in [0.29, 0.717) is 6.42 Å². The summed E-state index contributed by atoms with van der Waals surface area (Å²) >= 11 is 0. The summed E-state index contributed by atoms with van der Waals surface area (Å²) in [5.74, 6) is 0.181. The molecule has 0 aliphatic carbocycles. The van der Waals surface area contributed by atoms with E-state index in [9.17, 15) is 4.79 Å². The van der Waals surface area contributed by atoms with Crippen LogP contribution in [0.5, 0.6) is 0 Å². The normalized spacial score (nSPS) is 8.81. The molecule has 0 heterocycles. The van der Waals surface area contributed by atoms with Crippen molar-refractivity contribution >= 4 is 11.6 Å². The number of carbonyl (C=O) groups is 1. The second kappa shape index (κ2) is 7.74. The number of para-hydroxylation sites is 1. The first-order valence-corrected chi connectivity index (χ1v) is 5.41. The number of rotatable bonds is 2. The summed E-state index contributed by atoms with van der Waals surface area (Å²) in [6.07, 6.45) is 0.604. The van der Waals surface area contributed by atoms with Gasteiger partial charge in [0.1, 0.15) is 0 Å². The van der Waals surface area contributed by atoms with Gasteiger partial charge in [0.05, 0.1) is 0 Å². The van der Waals surface area contributed by atoms with Crippen LogP contribution in [-0.2, 0) is 4.79 Å². The lowest BCUT2D eigenvalue weighted by Crippen LogP contribution is -2.19. The van der Waals surface area contributed by atoms with E-state index in [1.165, 1.54) is 5.69 Å². The van der Waals surface area contributed by atoms with Crippen molar-refractivity contribution in [2.24, 2.45) is 0 Å². The molecule has 0 atom stereocenters. The van der Waals surface area contributed by atoms with E-state index in [0.717, 1.165) is 0 Å². The van der Waals surface area contributed by atoms with Crippen molar-refractivity contribution < 1.29 is 4.79 Å². The summed E-state index contributed by atoms with van der Waals surface area (Å²) in [4.78, 5) is 14.1. The maximum Gasteiger partial charge on any atom is 0.221 e. The summed E-state index contributed by atoms with van der Waals surface area (Å²) in [6, 6.07) is 10.3. The molecule has 1 rings (SSSR count). The second-order valence-electron chi connectivity index (χ2n) is 3.87. The highest BCUT2D eigenvalue weighted by Crippen LogP contribution is 2.07. The molecule has 0 fully saturated rings. The number of benzene rings is 1. The van der Waals surface area contributed by atoms with Crippen LogP contribution in [0.4, 0.5) is 5.69 Å². The topological polar surface area (TPSA) is 23.6 Å². The summed E-state index contributed by atoms with van der Waals surface area (Å²) in [5.41, 5.74) is 1.25. The molecular weight excluding hydrogens is 200 g/mol. The van der Waals surface area contributed by atoms with Crippen molar-refractivity contribution in [2.75, 3.05) is 33.1 Å². The van der Waals surface area contributed by atoms with Crippen LogP contribution >= 0.6 is 0 Å². The maximum atomic E-state index is 10.4. The molecule has 0 saturated carbocycles. The van der Waals surface area contributed by atoms with Gasteiger partial charge in [0.25, 0.3) is 0 Å². The average Bonchev–Trinajstić information content (AvgIpc) is 2.29. The van der Waals surface area contributed by atoms with Crippen LogP contribution in [0.2, 0.25) is 0 Å². The molecule has 0 N–H and O–H groups in total. The van der Waals surface area contributed by atoms with Gasteiger partial charge in [0.2, 0.25) is 5.91 Å². The molecule has 0 saturated heterocycles. The molecular formula is C13H22N2O. The van der Waals surface area contributed by atoms with Crippen molar-refractivity contribution in [1.29, 1.82) is 0 Å². The van der Waals surface area contributed by atoms with Gasteiger partial charge in [-0.2, -0.15) is 0 Å². The minimum atomic E-state index is 0.181. The Morgan fingerprint density at radius 1 is 1.06 bits per heavy atom. The highest BCUT2D eigenvalue weighted by molar-refractivity contribution is 5.75. The van der Waals surface area contributed by atoms with Gasteiger partial charge in [0, 0.05) is 40.3 Å². The lowest BCUT2D eigenvalue weighted by molar-refractivity contribution is -0.128. The molecule has 16 heavy (non-hydrogen) atoms. The van der Waals surface area contributed by atoms with Crippen LogP contribution < -0.4 is 4.90 Å². The molecule has 1 aromatic rings. The van der Waals surface area contributed by atoms with Crippen LogP contribution in [-0.4, -0.2) is 39.0 Å². The summed E-state index contributed by atoms with van der Waals surface area (Å²) in [7, 11) is 7.59. The Bertz CT molecular complexity index is 294. The van der Waals surface area contributed by atoms with Gasteiger partial charge < -0.3 is 9.80 Å². The lowest BCUT2D eigenvalue weighted by Gasteiger charge is -2.10. The summed E-state index contributed by atoms with van der Waals surface area (Å²) < 4.78 is 0. The highest BCUT2D eigenvalue weighted by atomic mass is 16.2. The average molecular weight is 222 g/mol. The van der Waals surface area contributed by atoms with E-state index in [4.69, 9.17) is 0 Å². The van der Waals surface area contributed by atoms with Crippen molar-refractivity contribution in [2.45, 2.75) is 13.3 Å². The Labute approximate surface area is 98.7 Å². The zero-order valence-electron chi connectivity index (χ0n) is 10.9. The lowest BCUT2D eigenvalue weighted by atomic mass is 10.3. The van der Waals surface area contributed by atoms with Crippen LogP contribution in [0.1, 0.15) is 13.3 Å². The first-order valence-electron chi connectivity index (χ1n) is 5.41. The third-order valence-electron chi connectivity index (χ3n) is 2.07. The quantitative estimate of drug-likeness (QED) is 0.766. The van der Waals surface area contributed by atoms with Gasteiger partial charge in [-0.3, -0.25) is 4.79 Å². The fourth-order valence-electron chi connectivity index (χ4n) is 1.04. The number of hydrogen-bond acceptors (Lipinski definition) is 2. The van der Waals surface area contributed by atoms with Crippen molar-refractivity contribution in [1.82, 2.24) is 4.90 Å². The van der Waals surface area contributed by atoms with Crippen molar-refractivity contribution in [3.63, 3.8) is 0 Å². The number of hydrogen-bond donors (Lipinski definition) is 0. The van der Waals surface area contributed by atoms with E-state index in [1.807, 2.05) is 39.2 Å². The molecule has 1 amide bonds. The maximum absolute atomic E-state index is 10.4. The van der Waals surface area contributed by atoms with Crippen LogP contribution in [0, 0.1) is 0 Å². The van der Waals surface area contributed by atoms with Crippen LogP contribution in [0.15, 0.2) is 30.3 Å². The number of nitrogens with zero attached hydrogens (tertiary/aromatic N) is 2. The number of anilines is 1. The van der Waals surface area contributed by atoms with Gasteiger partial charge in [-0.1, -0.05) is 25.1 Å². The van der Waals surface area contributed by atoms with Gasteiger partial charge in [-0.05, 0) is 12.1 Å². The SMILES string of the molecule is CCC(=O)N(C)C.CN(C)c1ccccc1. The third-order valence-corrected chi connectivity index (χ3v) is 2.07. The van der Waals surface area contributed by atoms with Gasteiger partial charge in [0.15, 0.2) is 0 Å². The highest BCUT2D eigenvalue weighted by Gasteiger charge is 1.95. The summed E-state index contributed by atoms with van der Waals surface area (Å²) in [6.45, 7) is 1.85. The van der Waals surface area contributed by atoms with Gasteiger partial charge in [-0.15, -0.1) is 0 Å². The Morgan fingerprint density at radius 2 is 1.56 bits per heavy atom. The fraction of sp³-hybridized carbons (Fsp3) is 0.462. The molecule has 0 bridgehead atoms. The molecule has 0 radical (unpaired) electrons. The van der Waals surface area contributed by atoms with E-state index in [-0.39, 0.29) is 5.91 Å². The Balaban J connectivity index is 0.000000293. The van der Waals surface area contributed by atoms with Crippen LogP contribution in [0.25, 0.3) is 0 Å². The van der Waals surface area contributed by atoms with E-state index >= 15 is 0 Å². The number of amides is 1. The Kier molecular flexibility index (Phi) is 7.01. The molecule has 3 heteroatoms. The standard InChI is InChI=1S/C8H11N.C5H11NO/c1-9(2)8-6-4-3-5-7-8;1-4-5(7)6(2)3/h3-7H,1-2H3;4H2,1-3H3. The second-order valence-corrected chi connectivity index (χ2v) is 3.87. The van der Waals surface area contributed by atoms with Crippen LogP contribution in [0.3, 0.4) is 0 Å². The van der Waals surface area contributed by atoms with Crippen molar-refractivity contribution in [3.05, 3.63) is 30.3 Å². The largest absolute Gasteiger partial charge is 0.378 e. The molecule has 0 spiro atoms. The predicted octanol–water partition coefficient (Wildman–Crippen LogP) is 2.24. The fourth-order valence-corrected chi connectivity index (χ4v) is 1.04. The summed E-state index contributed by atoms with van der Waals surface area (Å²) in [5, 5.41) is 0. The minimum Gasteiger partial charge on any atom is -0.378 e. The Morgan fingerprint density at radius 3 is 1.75 bits per heavy atom. The molecule has 90 valence electrons. The van der Waals surface area contributed by atoms with Gasteiger partial charge in [-0.25, -0.2) is 0 Å². The smallest absolute Gasteiger partial charge is 0.221 e. The molecule has 0 aromatic heterocycles. The molecule has 0 unspecified atom stereocenters.